The molecule has 2 aromatic rings. The Kier molecular flexibility index (Phi) is 3.90. The SMILES string of the molecule is COCc1ccc(-c2ccccc2C=O)cc1C. The molecule has 0 amide bonds. The fraction of sp³-hybridized carbons (Fsp3) is 0.188. The molecule has 2 aromatic carbocycles. The molecule has 0 bridgehead atoms. The second kappa shape index (κ2) is 5.61. The fourth-order valence-corrected chi connectivity index (χ4v) is 2.04. The first-order valence-electron chi connectivity index (χ1n) is 5.89. The maximum atomic E-state index is 11.0. The van der Waals surface area contributed by atoms with Gasteiger partial charge in [-0.3, -0.25) is 4.79 Å². The van der Waals surface area contributed by atoms with Crippen LogP contribution in [-0.4, -0.2) is 13.4 Å². The molecule has 2 heteroatoms. The number of aryl methyl sites for hydroxylation is 1. The summed E-state index contributed by atoms with van der Waals surface area (Å²) in [5, 5.41) is 0. The van der Waals surface area contributed by atoms with E-state index in [1.807, 2.05) is 30.3 Å². The molecule has 0 aliphatic rings. The summed E-state index contributed by atoms with van der Waals surface area (Å²) >= 11 is 0. The van der Waals surface area contributed by atoms with Gasteiger partial charge in [-0.05, 0) is 29.2 Å². The van der Waals surface area contributed by atoms with Gasteiger partial charge in [-0.25, -0.2) is 0 Å². The van der Waals surface area contributed by atoms with E-state index in [1.54, 1.807) is 7.11 Å². The number of aldehydes is 1. The Hall–Kier alpha value is -1.93. The number of ether oxygens (including phenoxy) is 1. The quantitative estimate of drug-likeness (QED) is 0.763. The van der Waals surface area contributed by atoms with Gasteiger partial charge in [-0.1, -0.05) is 42.5 Å². The van der Waals surface area contributed by atoms with Crippen molar-refractivity contribution in [3.8, 4) is 11.1 Å². The van der Waals surface area contributed by atoms with Crippen LogP contribution in [0.1, 0.15) is 21.5 Å². The van der Waals surface area contributed by atoms with Crippen molar-refractivity contribution in [1.29, 1.82) is 0 Å². The second-order valence-electron chi connectivity index (χ2n) is 4.28. The lowest BCUT2D eigenvalue weighted by molar-refractivity contribution is 0.112. The number of carbonyl (C=O) groups excluding carboxylic acids is 1. The number of hydrogen-bond donors (Lipinski definition) is 0. The molecule has 0 aliphatic carbocycles. The van der Waals surface area contributed by atoms with E-state index in [2.05, 4.69) is 19.1 Å². The van der Waals surface area contributed by atoms with Crippen LogP contribution in [0.4, 0.5) is 0 Å². The van der Waals surface area contributed by atoms with Crippen molar-refractivity contribution in [2.45, 2.75) is 13.5 Å². The van der Waals surface area contributed by atoms with Crippen LogP contribution in [0.15, 0.2) is 42.5 Å². The van der Waals surface area contributed by atoms with Crippen molar-refractivity contribution >= 4 is 6.29 Å². The summed E-state index contributed by atoms with van der Waals surface area (Å²) in [6.45, 7) is 2.67. The molecule has 2 nitrogen and oxygen atoms in total. The molecular weight excluding hydrogens is 224 g/mol. The molecule has 18 heavy (non-hydrogen) atoms. The summed E-state index contributed by atoms with van der Waals surface area (Å²) in [5.41, 5.74) is 5.10. The first kappa shape index (κ1) is 12.5. The maximum Gasteiger partial charge on any atom is 0.150 e. The standard InChI is InChI=1S/C16H16O2/c1-12-9-13(7-8-15(12)11-18-2)16-6-4-3-5-14(16)10-17/h3-10H,11H2,1-2H3. The topological polar surface area (TPSA) is 26.3 Å². The first-order chi connectivity index (χ1) is 8.76. The van der Waals surface area contributed by atoms with Crippen molar-refractivity contribution in [3.05, 3.63) is 59.2 Å². The summed E-state index contributed by atoms with van der Waals surface area (Å²) in [6, 6.07) is 13.8. The number of benzene rings is 2. The van der Waals surface area contributed by atoms with Crippen LogP contribution in [0.25, 0.3) is 11.1 Å². The van der Waals surface area contributed by atoms with Crippen molar-refractivity contribution in [2.75, 3.05) is 7.11 Å². The summed E-state index contributed by atoms with van der Waals surface area (Å²) in [4.78, 5) is 11.0. The summed E-state index contributed by atoms with van der Waals surface area (Å²) in [6.07, 6.45) is 0.897. The normalized spacial score (nSPS) is 10.3. The number of methoxy groups -OCH3 is 1. The Bertz CT molecular complexity index is 559. The minimum atomic E-state index is 0.613. The molecule has 2 rings (SSSR count). The predicted octanol–water partition coefficient (Wildman–Crippen LogP) is 3.62. The molecule has 92 valence electrons. The predicted molar refractivity (Wildman–Crippen MR) is 72.7 cm³/mol. The van der Waals surface area contributed by atoms with E-state index in [4.69, 9.17) is 4.74 Å². The molecular formula is C16H16O2. The summed E-state index contributed by atoms with van der Waals surface area (Å²) in [7, 11) is 1.69. The number of carbonyl (C=O) groups is 1. The Labute approximate surface area is 107 Å². The molecule has 0 heterocycles. The number of hydrogen-bond acceptors (Lipinski definition) is 2. The van der Waals surface area contributed by atoms with Gasteiger partial charge in [-0.2, -0.15) is 0 Å². The van der Waals surface area contributed by atoms with E-state index < -0.39 is 0 Å². The van der Waals surface area contributed by atoms with Crippen LogP contribution < -0.4 is 0 Å². The largest absolute Gasteiger partial charge is 0.380 e. The van der Waals surface area contributed by atoms with Crippen molar-refractivity contribution < 1.29 is 9.53 Å². The van der Waals surface area contributed by atoms with E-state index >= 15 is 0 Å². The van der Waals surface area contributed by atoms with Crippen LogP contribution in [-0.2, 0) is 11.3 Å². The molecule has 0 fully saturated rings. The average molecular weight is 240 g/mol. The highest BCUT2D eigenvalue weighted by Crippen LogP contribution is 2.25. The number of rotatable bonds is 4. The van der Waals surface area contributed by atoms with Crippen molar-refractivity contribution in [1.82, 2.24) is 0 Å². The third-order valence-corrected chi connectivity index (χ3v) is 3.04. The molecule has 0 atom stereocenters. The van der Waals surface area contributed by atoms with E-state index in [-0.39, 0.29) is 0 Å². The van der Waals surface area contributed by atoms with E-state index in [0.717, 1.165) is 23.0 Å². The Morgan fingerprint density at radius 3 is 2.61 bits per heavy atom. The average Bonchev–Trinajstić information content (AvgIpc) is 2.41. The van der Waals surface area contributed by atoms with Crippen LogP contribution >= 0.6 is 0 Å². The minimum absolute atomic E-state index is 0.613. The van der Waals surface area contributed by atoms with E-state index in [1.165, 1.54) is 11.1 Å². The van der Waals surface area contributed by atoms with Gasteiger partial charge in [0.2, 0.25) is 0 Å². The summed E-state index contributed by atoms with van der Waals surface area (Å²) < 4.78 is 5.14. The van der Waals surface area contributed by atoms with Gasteiger partial charge in [-0.15, -0.1) is 0 Å². The smallest absolute Gasteiger partial charge is 0.150 e. The highest BCUT2D eigenvalue weighted by atomic mass is 16.5. The van der Waals surface area contributed by atoms with Crippen molar-refractivity contribution in [3.63, 3.8) is 0 Å². The third-order valence-electron chi connectivity index (χ3n) is 3.04. The van der Waals surface area contributed by atoms with Gasteiger partial charge in [0.1, 0.15) is 0 Å². The van der Waals surface area contributed by atoms with E-state index in [0.29, 0.717) is 6.61 Å². The van der Waals surface area contributed by atoms with Crippen LogP contribution in [0.5, 0.6) is 0 Å². The lowest BCUT2D eigenvalue weighted by Crippen LogP contribution is -1.93. The zero-order valence-corrected chi connectivity index (χ0v) is 10.6. The molecule has 0 N–H and O–H groups in total. The van der Waals surface area contributed by atoms with Gasteiger partial charge in [0.25, 0.3) is 0 Å². The highest BCUT2D eigenvalue weighted by molar-refractivity contribution is 5.87. The van der Waals surface area contributed by atoms with Gasteiger partial charge >= 0.3 is 0 Å². The Morgan fingerprint density at radius 2 is 1.94 bits per heavy atom. The lowest BCUT2D eigenvalue weighted by atomic mass is 9.97. The molecule has 0 spiro atoms. The Morgan fingerprint density at radius 1 is 1.17 bits per heavy atom. The van der Waals surface area contributed by atoms with Crippen molar-refractivity contribution in [2.24, 2.45) is 0 Å². The highest BCUT2D eigenvalue weighted by Gasteiger charge is 2.05. The minimum Gasteiger partial charge on any atom is -0.380 e. The van der Waals surface area contributed by atoms with Crippen LogP contribution in [0, 0.1) is 6.92 Å². The lowest BCUT2D eigenvalue weighted by Gasteiger charge is -2.09. The van der Waals surface area contributed by atoms with Gasteiger partial charge < -0.3 is 4.74 Å². The maximum absolute atomic E-state index is 11.0. The van der Waals surface area contributed by atoms with Gasteiger partial charge in [0.05, 0.1) is 6.61 Å². The molecule has 0 unspecified atom stereocenters. The third kappa shape index (κ3) is 2.49. The zero-order chi connectivity index (χ0) is 13.0. The second-order valence-corrected chi connectivity index (χ2v) is 4.28. The first-order valence-corrected chi connectivity index (χ1v) is 5.89. The zero-order valence-electron chi connectivity index (χ0n) is 10.6. The van der Waals surface area contributed by atoms with Gasteiger partial charge in [0, 0.05) is 12.7 Å². The fourth-order valence-electron chi connectivity index (χ4n) is 2.04. The molecule has 0 aromatic heterocycles. The monoisotopic (exact) mass is 240 g/mol. The summed E-state index contributed by atoms with van der Waals surface area (Å²) in [5.74, 6) is 0. The van der Waals surface area contributed by atoms with Gasteiger partial charge in [0.15, 0.2) is 6.29 Å². The molecule has 0 saturated heterocycles. The van der Waals surface area contributed by atoms with Crippen LogP contribution in [0.3, 0.4) is 0 Å². The molecule has 0 aliphatic heterocycles. The molecule has 0 radical (unpaired) electrons. The van der Waals surface area contributed by atoms with E-state index in [9.17, 15) is 4.79 Å². The molecule has 0 saturated carbocycles. The van der Waals surface area contributed by atoms with Crippen LogP contribution in [0.2, 0.25) is 0 Å². The Balaban J connectivity index is 2.45.